The molecular formula is C16H16N10OS. The molecule has 0 fully saturated rings. The number of aromatic nitrogens is 7. The summed E-state index contributed by atoms with van der Waals surface area (Å²) in [5, 5.41) is 15.5. The van der Waals surface area contributed by atoms with Crippen LogP contribution in [-0.2, 0) is 20.1 Å². The third kappa shape index (κ3) is 3.20. The van der Waals surface area contributed by atoms with Gasteiger partial charge in [0.25, 0.3) is 5.91 Å². The molecule has 4 rings (SSSR count). The Morgan fingerprint density at radius 2 is 2.29 bits per heavy atom. The SMILES string of the molecule is Cn1c(C(=O)NCc2ccnc(N)n2)c(C=N)c2sc(Cn3cncn3)nc21. The van der Waals surface area contributed by atoms with Crippen molar-refractivity contribution in [1.82, 2.24) is 39.6 Å². The van der Waals surface area contributed by atoms with Gasteiger partial charge in [-0.1, -0.05) is 0 Å². The number of hydrogen-bond acceptors (Lipinski definition) is 9. The Morgan fingerprint density at radius 3 is 3.00 bits per heavy atom. The quantitative estimate of drug-likeness (QED) is 0.403. The summed E-state index contributed by atoms with van der Waals surface area (Å²) in [6, 6.07) is 1.68. The summed E-state index contributed by atoms with van der Waals surface area (Å²) in [6.07, 6.45) is 5.79. The van der Waals surface area contributed by atoms with Crippen LogP contribution in [0.25, 0.3) is 10.3 Å². The summed E-state index contributed by atoms with van der Waals surface area (Å²) in [7, 11) is 1.76. The van der Waals surface area contributed by atoms with Crippen molar-refractivity contribution in [3.63, 3.8) is 0 Å². The lowest BCUT2D eigenvalue weighted by molar-refractivity contribution is 0.0942. The van der Waals surface area contributed by atoms with E-state index in [1.54, 1.807) is 28.7 Å². The first-order valence-electron chi connectivity index (χ1n) is 8.23. The number of amides is 1. The summed E-state index contributed by atoms with van der Waals surface area (Å²) in [6.45, 7) is 0.681. The van der Waals surface area contributed by atoms with E-state index < -0.39 is 0 Å². The lowest BCUT2D eigenvalue weighted by atomic mass is 10.2. The van der Waals surface area contributed by atoms with E-state index in [2.05, 4.69) is 30.4 Å². The number of nitrogen functional groups attached to an aromatic ring is 1. The lowest BCUT2D eigenvalue weighted by Crippen LogP contribution is -2.26. The molecule has 142 valence electrons. The summed E-state index contributed by atoms with van der Waals surface area (Å²) >= 11 is 1.43. The standard InChI is InChI=1S/C16H16N10OS/c1-25-12(15(27)21-5-9-2-3-20-16(18)23-9)10(4-17)13-14(25)24-11(28-13)6-26-8-19-7-22-26/h2-4,7-8,17H,5-6H2,1H3,(H,21,27)(H2,18,20,23). The van der Waals surface area contributed by atoms with E-state index in [1.165, 1.54) is 30.1 Å². The largest absolute Gasteiger partial charge is 0.368 e. The van der Waals surface area contributed by atoms with Gasteiger partial charge in [-0.15, -0.1) is 11.3 Å². The molecule has 4 aromatic rings. The molecule has 0 aliphatic carbocycles. The number of anilines is 1. The summed E-state index contributed by atoms with van der Waals surface area (Å²) < 4.78 is 4.15. The van der Waals surface area contributed by atoms with Crippen molar-refractivity contribution in [2.75, 3.05) is 5.73 Å². The van der Waals surface area contributed by atoms with Gasteiger partial charge in [-0.3, -0.25) is 4.79 Å². The molecule has 12 heteroatoms. The van der Waals surface area contributed by atoms with Gasteiger partial charge in [0.05, 0.1) is 23.5 Å². The molecule has 1 amide bonds. The van der Waals surface area contributed by atoms with Crippen LogP contribution in [0, 0.1) is 5.41 Å². The Hall–Kier alpha value is -3.67. The molecule has 4 aromatic heterocycles. The van der Waals surface area contributed by atoms with Crippen LogP contribution in [0.1, 0.15) is 26.8 Å². The maximum atomic E-state index is 12.8. The lowest BCUT2D eigenvalue weighted by Gasteiger charge is -2.07. The van der Waals surface area contributed by atoms with Crippen molar-refractivity contribution >= 4 is 39.8 Å². The van der Waals surface area contributed by atoms with Crippen LogP contribution in [0.3, 0.4) is 0 Å². The van der Waals surface area contributed by atoms with Crippen LogP contribution in [0.15, 0.2) is 24.9 Å². The highest BCUT2D eigenvalue weighted by atomic mass is 32.1. The topological polar surface area (TPSA) is 153 Å². The van der Waals surface area contributed by atoms with E-state index in [0.717, 1.165) is 9.71 Å². The molecule has 4 heterocycles. The Balaban J connectivity index is 1.61. The monoisotopic (exact) mass is 396 g/mol. The van der Waals surface area contributed by atoms with Gasteiger partial charge in [0.1, 0.15) is 23.4 Å². The molecular weight excluding hydrogens is 380 g/mol. The normalized spacial score (nSPS) is 11.0. The molecule has 0 unspecified atom stereocenters. The molecule has 0 aromatic carbocycles. The fourth-order valence-electron chi connectivity index (χ4n) is 2.85. The van der Waals surface area contributed by atoms with Crippen LogP contribution < -0.4 is 11.1 Å². The number of nitrogens with two attached hydrogens (primary N) is 1. The van der Waals surface area contributed by atoms with E-state index in [4.69, 9.17) is 11.1 Å². The van der Waals surface area contributed by atoms with Crippen molar-refractivity contribution in [3.05, 3.63) is 46.9 Å². The summed E-state index contributed by atoms with van der Waals surface area (Å²) in [4.78, 5) is 29.2. The highest BCUT2D eigenvalue weighted by Crippen LogP contribution is 2.30. The molecule has 28 heavy (non-hydrogen) atoms. The second-order valence-electron chi connectivity index (χ2n) is 5.91. The maximum Gasteiger partial charge on any atom is 0.269 e. The van der Waals surface area contributed by atoms with E-state index in [1.807, 2.05) is 0 Å². The van der Waals surface area contributed by atoms with E-state index in [0.29, 0.717) is 29.1 Å². The van der Waals surface area contributed by atoms with Crippen LogP contribution in [0.5, 0.6) is 0 Å². The van der Waals surface area contributed by atoms with Gasteiger partial charge < -0.3 is 21.0 Å². The summed E-state index contributed by atoms with van der Waals surface area (Å²) in [5.74, 6) is -0.170. The van der Waals surface area contributed by atoms with Crippen molar-refractivity contribution in [2.45, 2.75) is 13.1 Å². The van der Waals surface area contributed by atoms with E-state index >= 15 is 0 Å². The van der Waals surface area contributed by atoms with Crippen molar-refractivity contribution in [3.8, 4) is 0 Å². The predicted molar refractivity (Wildman–Crippen MR) is 103 cm³/mol. The van der Waals surface area contributed by atoms with Crippen molar-refractivity contribution < 1.29 is 4.79 Å². The first kappa shape index (κ1) is 17.7. The average molecular weight is 396 g/mol. The number of thiazole rings is 1. The van der Waals surface area contributed by atoms with Gasteiger partial charge in [0.2, 0.25) is 5.95 Å². The third-order valence-corrected chi connectivity index (χ3v) is 5.15. The van der Waals surface area contributed by atoms with Gasteiger partial charge in [0.15, 0.2) is 5.65 Å². The molecule has 0 bridgehead atoms. The minimum atomic E-state index is -0.318. The van der Waals surface area contributed by atoms with Gasteiger partial charge in [-0.2, -0.15) is 5.10 Å². The molecule has 0 radical (unpaired) electrons. The van der Waals surface area contributed by atoms with Crippen LogP contribution >= 0.6 is 11.3 Å². The molecule has 0 aliphatic rings. The molecule has 4 N–H and O–H groups in total. The molecule has 0 saturated heterocycles. The fourth-order valence-corrected chi connectivity index (χ4v) is 3.95. The minimum absolute atomic E-state index is 0.149. The molecule has 0 saturated carbocycles. The Morgan fingerprint density at radius 1 is 1.43 bits per heavy atom. The zero-order valence-electron chi connectivity index (χ0n) is 14.8. The first-order chi connectivity index (χ1) is 13.6. The minimum Gasteiger partial charge on any atom is -0.368 e. The molecule has 0 atom stereocenters. The Bertz CT molecular complexity index is 1160. The molecule has 11 nitrogen and oxygen atoms in total. The highest BCUT2D eigenvalue weighted by Gasteiger charge is 2.23. The third-order valence-electron chi connectivity index (χ3n) is 4.09. The second-order valence-corrected chi connectivity index (χ2v) is 6.99. The number of hydrogen-bond donors (Lipinski definition) is 3. The van der Waals surface area contributed by atoms with Crippen molar-refractivity contribution in [1.29, 1.82) is 5.41 Å². The number of rotatable bonds is 6. The second kappa shape index (κ2) is 7.15. The zero-order chi connectivity index (χ0) is 19.7. The Labute approximate surface area is 162 Å². The molecule has 0 aliphatic heterocycles. The average Bonchev–Trinajstić information content (AvgIpc) is 3.38. The zero-order valence-corrected chi connectivity index (χ0v) is 15.6. The first-order valence-corrected chi connectivity index (χ1v) is 9.05. The van der Waals surface area contributed by atoms with Crippen LogP contribution in [0.2, 0.25) is 0 Å². The van der Waals surface area contributed by atoms with Crippen molar-refractivity contribution in [2.24, 2.45) is 7.05 Å². The maximum absolute atomic E-state index is 12.8. The Kier molecular flexibility index (Phi) is 4.53. The van der Waals surface area contributed by atoms with Crippen LogP contribution in [-0.4, -0.2) is 46.4 Å². The van der Waals surface area contributed by atoms with E-state index in [-0.39, 0.29) is 18.4 Å². The number of carbonyl (C=O) groups is 1. The van der Waals surface area contributed by atoms with Crippen LogP contribution in [0.4, 0.5) is 5.95 Å². The van der Waals surface area contributed by atoms with Gasteiger partial charge in [-0.25, -0.2) is 24.6 Å². The highest BCUT2D eigenvalue weighted by molar-refractivity contribution is 7.19. The smallest absolute Gasteiger partial charge is 0.269 e. The number of aryl methyl sites for hydroxylation is 1. The molecule has 0 spiro atoms. The summed E-state index contributed by atoms with van der Waals surface area (Å²) in [5.41, 5.74) is 7.71. The van der Waals surface area contributed by atoms with Gasteiger partial charge >= 0.3 is 0 Å². The van der Waals surface area contributed by atoms with Gasteiger partial charge in [-0.05, 0) is 6.07 Å². The number of carbonyl (C=O) groups excluding carboxylic acids is 1. The number of fused-ring (bicyclic) bond motifs is 1. The van der Waals surface area contributed by atoms with E-state index in [9.17, 15) is 4.79 Å². The van der Waals surface area contributed by atoms with Gasteiger partial charge in [0, 0.05) is 25.0 Å². The fraction of sp³-hybridized carbons (Fsp3) is 0.188. The predicted octanol–water partition coefficient (Wildman–Crippen LogP) is 0.574. The number of nitrogens with zero attached hydrogens (tertiary/aromatic N) is 7. The number of nitrogens with one attached hydrogen (secondary N) is 2.